The van der Waals surface area contributed by atoms with Crippen molar-refractivity contribution in [3.63, 3.8) is 0 Å². The molecule has 0 heterocycles. The van der Waals surface area contributed by atoms with Gasteiger partial charge in [0.05, 0.1) is 11.6 Å². The molecule has 4 atom stereocenters. The number of primary amides is 1. The van der Waals surface area contributed by atoms with Crippen molar-refractivity contribution in [2.45, 2.75) is 51.8 Å². The molecule has 1 fully saturated rings. The van der Waals surface area contributed by atoms with Crippen molar-refractivity contribution in [2.24, 2.45) is 23.0 Å². The first-order chi connectivity index (χ1) is 18.8. The van der Waals surface area contributed by atoms with Crippen molar-refractivity contribution in [2.75, 3.05) is 33.1 Å². The van der Waals surface area contributed by atoms with Crippen LogP contribution in [0.2, 0.25) is 0 Å². The number of ketones is 2. The Balaban J connectivity index is 1.92. The van der Waals surface area contributed by atoms with Crippen LogP contribution in [0.4, 0.5) is 5.69 Å². The monoisotopic (exact) mass is 570 g/mol. The third-order valence-electron chi connectivity index (χ3n) is 8.38. The number of carbonyl (C=O) groups is 4. The lowest BCUT2D eigenvalue weighted by molar-refractivity contribution is -0.153. The van der Waals surface area contributed by atoms with Crippen molar-refractivity contribution in [1.82, 2.24) is 10.2 Å². The molecule has 1 saturated carbocycles. The van der Waals surface area contributed by atoms with E-state index < -0.39 is 63.5 Å². The second kappa shape index (κ2) is 9.88. The summed E-state index contributed by atoms with van der Waals surface area (Å²) in [6, 6.07) is 0.555. The van der Waals surface area contributed by atoms with Gasteiger partial charge >= 0.3 is 0 Å². The molecule has 1 aromatic rings. The molecule has 0 radical (unpaired) electrons. The fourth-order valence-corrected chi connectivity index (χ4v) is 6.32. The van der Waals surface area contributed by atoms with Crippen LogP contribution >= 0.6 is 0 Å². The summed E-state index contributed by atoms with van der Waals surface area (Å²) < 4.78 is 0. The lowest BCUT2D eigenvalue weighted by atomic mass is 9.57. The second-order valence-electron chi connectivity index (χ2n) is 12.5. The maximum atomic E-state index is 14.0. The topological polar surface area (TPSA) is 194 Å². The summed E-state index contributed by atoms with van der Waals surface area (Å²) >= 11 is 0. The van der Waals surface area contributed by atoms with Gasteiger partial charge in [0, 0.05) is 48.8 Å². The van der Waals surface area contributed by atoms with Crippen molar-refractivity contribution in [1.29, 1.82) is 0 Å². The predicted molar refractivity (Wildman–Crippen MR) is 150 cm³/mol. The van der Waals surface area contributed by atoms with E-state index in [0.717, 1.165) is 0 Å². The molecule has 7 N–H and O–H groups in total. The number of benzene rings is 1. The first-order valence-corrected chi connectivity index (χ1v) is 13.3. The van der Waals surface area contributed by atoms with Crippen molar-refractivity contribution >= 4 is 34.8 Å². The summed E-state index contributed by atoms with van der Waals surface area (Å²) in [7, 11) is 6.66. The van der Waals surface area contributed by atoms with Crippen LogP contribution in [0, 0.1) is 17.3 Å². The number of phenols is 1. The van der Waals surface area contributed by atoms with Gasteiger partial charge in [0.1, 0.15) is 22.8 Å². The molecule has 0 saturated heterocycles. The van der Waals surface area contributed by atoms with Crippen LogP contribution in [0.5, 0.6) is 5.75 Å². The Morgan fingerprint density at radius 2 is 1.73 bits per heavy atom. The smallest absolute Gasteiger partial charge is 0.255 e. The Morgan fingerprint density at radius 1 is 1.12 bits per heavy atom. The van der Waals surface area contributed by atoms with Crippen molar-refractivity contribution in [3.05, 3.63) is 39.7 Å². The maximum Gasteiger partial charge on any atom is 0.255 e. The molecule has 3 aliphatic rings. The van der Waals surface area contributed by atoms with Crippen molar-refractivity contribution < 1.29 is 39.6 Å². The lowest BCUT2D eigenvalue weighted by Crippen LogP contribution is -2.65. The summed E-state index contributed by atoms with van der Waals surface area (Å²) in [5.41, 5.74) is 2.35. The van der Waals surface area contributed by atoms with Crippen LogP contribution in [0.15, 0.2) is 23.0 Å². The zero-order valence-electron chi connectivity index (χ0n) is 24.3. The first kappa shape index (κ1) is 30.1. The van der Waals surface area contributed by atoms with Gasteiger partial charge in [-0.15, -0.1) is 0 Å². The molecule has 4 rings (SSSR count). The number of aliphatic hydroxyl groups excluding tert-OH is 2. The number of fused-ring (bicyclic) bond motifs is 3. The van der Waals surface area contributed by atoms with E-state index in [9.17, 15) is 39.6 Å². The fraction of sp³-hybridized carbons (Fsp3) is 0.517. The van der Waals surface area contributed by atoms with Crippen LogP contribution in [-0.4, -0.2) is 88.5 Å². The van der Waals surface area contributed by atoms with E-state index in [1.54, 1.807) is 59.9 Å². The summed E-state index contributed by atoms with van der Waals surface area (Å²) in [6.45, 7) is 5.18. The van der Waals surface area contributed by atoms with E-state index >= 15 is 0 Å². The van der Waals surface area contributed by atoms with E-state index in [1.165, 1.54) is 4.90 Å². The molecule has 1 aromatic carbocycles. The Hall–Kier alpha value is -3.90. The van der Waals surface area contributed by atoms with E-state index in [4.69, 9.17) is 5.73 Å². The number of hydrogen-bond donors (Lipinski definition) is 6. The molecular formula is C29H38N4O8. The Labute approximate surface area is 238 Å². The molecule has 12 heteroatoms. The van der Waals surface area contributed by atoms with Gasteiger partial charge in [0.2, 0.25) is 11.7 Å². The van der Waals surface area contributed by atoms with Gasteiger partial charge < -0.3 is 36.4 Å². The number of anilines is 1. The average Bonchev–Trinajstić information content (AvgIpc) is 2.84. The van der Waals surface area contributed by atoms with Gasteiger partial charge in [-0.25, -0.2) is 0 Å². The highest BCUT2D eigenvalue weighted by atomic mass is 16.3. The Bertz CT molecular complexity index is 1430. The normalized spacial score (nSPS) is 26.0. The van der Waals surface area contributed by atoms with Crippen molar-refractivity contribution in [3.8, 4) is 5.75 Å². The van der Waals surface area contributed by atoms with E-state index in [-0.39, 0.29) is 42.2 Å². The molecule has 2 amide bonds. The minimum absolute atomic E-state index is 0.00276. The molecule has 0 aromatic heterocycles. The van der Waals surface area contributed by atoms with Crippen LogP contribution in [0.3, 0.4) is 0 Å². The number of rotatable bonds is 5. The van der Waals surface area contributed by atoms with E-state index in [0.29, 0.717) is 16.8 Å². The Morgan fingerprint density at radius 3 is 2.24 bits per heavy atom. The molecule has 0 spiro atoms. The number of aliphatic hydroxyl groups is 3. The van der Waals surface area contributed by atoms with Gasteiger partial charge in [0.15, 0.2) is 11.4 Å². The first-order valence-electron chi connectivity index (χ1n) is 13.3. The van der Waals surface area contributed by atoms with Gasteiger partial charge in [-0.1, -0.05) is 20.8 Å². The minimum Gasteiger partial charge on any atom is -0.508 e. The molecule has 12 nitrogen and oxygen atoms in total. The second-order valence-corrected chi connectivity index (χ2v) is 12.5. The van der Waals surface area contributed by atoms with Gasteiger partial charge in [0.25, 0.3) is 5.91 Å². The number of amides is 2. The number of aromatic hydroxyl groups is 1. The molecule has 0 bridgehead atoms. The Kier molecular flexibility index (Phi) is 7.24. The average molecular weight is 571 g/mol. The standard InChI is InChI=1S/C29H38N4O8/c1-28(2,3)27(40)31-11-13-10-16(32(4)5)14-8-12-9-15-20(33(6)7)23(36)19(26(30)39)25(38)29(15,41)24(37)17(12)22(35)18(14)21(13)34/h10,12,15,20,34-35,38,41H,8-9,11H2,1-7H3,(H2,30,39)(H,31,40)/t12-,15-,20-,29-/m0/s1. The molecule has 0 unspecified atom stereocenters. The fourth-order valence-electron chi connectivity index (χ4n) is 6.32. The highest BCUT2D eigenvalue weighted by molar-refractivity contribution is 6.24. The van der Waals surface area contributed by atoms with Crippen LogP contribution < -0.4 is 16.0 Å². The molecule has 0 aliphatic heterocycles. The molecule has 3 aliphatic carbocycles. The lowest BCUT2D eigenvalue weighted by Gasteiger charge is -2.50. The van der Waals surface area contributed by atoms with E-state index in [1.807, 2.05) is 0 Å². The van der Waals surface area contributed by atoms with Gasteiger partial charge in [-0.05, 0) is 44.5 Å². The zero-order chi connectivity index (χ0) is 30.9. The highest BCUT2D eigenvalue weighted by Crippen LogP contribution is 2.54. The zero-order valence-corrected chi connectivity index (χ0v) is 24.3. The third kappa shape index (κ3) is 4.45. The van der Waals surface area contributed by atoms with Gasteiger partial charge in [-0.2, -0.15) is 0 Å². The largest absolute Gasteiger partial charge is 0.508 e. The molecule has 41 heavy (non-hydrogen) atoms. The number of phenolic OH excluding ortho intramolecular Hbond substituents is 1. The van der Waals surface area contributed by atoms with E-state index in [2.05, 4.69) is 5.32 Å². The number of nitrogens with zero attached hydrogens (tertiary/aromatic N) is 2. The summed E-state index contributed by atoms with van der Waals surface area (Å²) in [5, 5.41) is 48.4. The number of hydrogen-bond acceptors (Lipinski definition) is 10. The van der Waals surface area contributed by atoms with Crippen LogP contribution in [0.1, 0.15) is 43.9 Å². The quantitative estimate of drug-likeness (QED) is 0.274. The summed E-state index contributed by atoms with van der Waals surface area (Å²) in [4.78, 5) is 55.2. The van der Waals surface area contributed by atoms with Crippen LogP contribution in [-0.2, 0) is 32.1 Å². The molecular weight excluding hydrogens is 532 g/mol. The minimum atomic E-state index is -2.71. The third-order valence-corrected chi connectivity index (χ3v) is 8.38. The number of likely N-dealkylation sites (N-methyl/N-ethyl adjacent to an activating group) is 1. The maximum absolute atomic E-state index is 14.0. The summed E-state index contributed by atoms with van der Waals surface area (Å²) in [6.07, 6.45) is 0.174. The SMILES string of the molecule is CN(C)c1cc(CNC(=O)C(C)(C)C)c(O)c2c1C[C@H]1C[C@H]3[C@H](N(C)C)C(=O)C(C(N)=O)=C(O)[C@@]3(O)C(=O)C1=C2O. The predicted octanol–water partition coefficient (Wildman–Crippen LogP) is 0.692. The highest BCUT2D eigenvalue weighted by Gasteiger charge is 2.64. The number of nitrogens with two attached hydrogens (primary N) is 1. The number of carbonyl (C=O) groups excluding carboxylic acids is 4. The molecule has 222 valence electrons. The summed E-state index contributed by atoms with van der Waals surface area (Å²) in [5.74, 6) is -7.30. The van der Waals surface area contributed by atoms with Gasteiger partial charge in [-0.3, -0.25) is 24.1 Å². The number of nitrogens with one attached hydrogen (secondary N) is 1. The number of Topliss-reactive ketones (excluding diaryl/α,β-unsaturated/α-hetero) is 2. The van der Waals surface area contributed by atoms with Crippen LogP contribution in [0.25, 0.3) is 5.76 Å².